The quantitative estimate of drug-likeness (QED) is 0.654. The van der Waals surface area contributed by atoms with E-state index in [2.05, 4.69) is 5.32 Å². The van der Waals surface area contributed by atoms with E-state index in [1.807, 2.05) is 6.07 Å². The lowest BCUT2D eigenvalue weighted by atomic mass is 9.96. The van der Waals surface area contributed by atoms with Crippen LogP contribution in [0.1, 0.15) is 55.3 Å². The molecular weight excluding hydrogens is 252 g/mol. The van der Waals surface area contributed by atoms with Crippen LogP contribution in [-0.2, 0) is 4.74 Å². The molecule has 4 heteroatoms. The number of benzene rings is 1. The molecule has 1 aromatic rings. The molecule has 1 saturated carbocycles. The van der Waals surface area contributed by atoms with E-state index < -0.39 is 0 Å². The molecule has 0 heterocycles. The van der Waals surface area contributed by atoms with Gasteiger partial charge >= 0.3 is 5.97 Å². The fourth-order valence-electron chi connectivity index (χ4n) is 2.82. The van der Waals surface area contributed by atoms with E-state index in [9.17, 15) is 4.79 Å². The zero-order chi connectivity index (χ0) is 14.4. The molecule has 1 fully saturated rings. The highest BCUT2D eigenvalue weighted by Crippen LogP contribution is 2.28. The van der Waals surface area contributed by atoms with Crippen LogP contribution in [0.25, 0.3) is 0 Å². The third-order valence-corrected chi connectivity index (χ3v) is 3.96. The number of anilines is 2. The van der Waals surface area contributed by atoms with Gasteiger partial charge in [0.05, 0.1) is 24.0 Å². The highest BCUT2D eigenvalue weighted by molar-refractivity contribution is 5.98. The largest absolute Gasteiger partial charge is 0.465 e. The second-order valence-corrected chi connectivity index (χ2v) is 5.45. The van der Waals surface area contributed by atoms with Crippen molar-refractivity contribution < 1.29 is 9.53 Å². The predicted octanol–water partition coefficient (Wildman–Crippen LogP) is 3.58. The Hall–Kier alpha value is -1.71. The lowest BCUT2D eigenvalue weighted by molar-refractivity contribution is 0.0602. The summed E-state index contributed by atoms with van der Waals surface area (Å²) in [6.07, 6.45) is 8.67. The Morgan fingerprint density at radius 3 is 2.50 bits per heavy atom. The van der Waals surface area contributed by atoms with E-state index in [0.717, 1.165) is 18.5 Å². The maximum Gasteiger partial charge on any atom is 0.340 e. The first-order chi connectivity index (χ1) is 9.72. The second kappa shape index (κ2) is 7.17. The first-order valence-corrected chi connectivity index (χ1v) is 7.45. The number of para-hydroxylation sites is 1. The number of nitrogens with one attached hydrogen (secondary N) is 1. The summed E-state index contributed by atoms with van der Waals surface area (Å²) in [6.45, 7) is 0. The zero-order valence-corrected chi connectivity index (χ0v) is 12.2. The minimum Gasteiger partial charge on any atom is -0.465 e. The smallest absolute Gasteiger partial charge is 0.340 e. The van der Waals surface area contributed by atoms with E-state index in [1.54, 1.807) is 12.1 Å². The van der Waals surface area contributed by atoms with Crippen LogP contribution in [-0.4, -0.2) is 19.1 Å². The number of ether oxygens (including phenoxy) is 1. The highest BCUT2D eigenvalue weighted by Gasteiger charge is 2.18. The van der Waals surface area contributed by atoms with Gasteiger partial charge in [0.1, 0.15) is 0 Å². The number of carbonyl (C=O) groups is 1. The van der Waals surface area contributed by atoms with E-state index >= 15 is 0 Å². The number of hydrogen-bond acceptors (Lipinski definition) is 4. The fourth-order valence-corrected chi connectivity index (χ4v) is 2.82. The molecule has 1 aliphatic carbocycles. The molecule has 0 spiro atoms. The molecular formula is C16H24N2O2. The Morgan fingerprint density at radius 1 is 1.20 bits per heavy atom. The summed E-state index contributed by atoms with van der Waals surface area (Å²) in [5.41, 5.74) is 7.89. The summed E-state index contributed by atoms with van der Waals surface area (Å²) < 4.78 is 4.83. The van der Waals surface area contributed by atoms with Crippen LogP contribution in [0.5, 0.6) is 0 Å². The summed E-state index contributed by atoms with van der Waals surface area (Å²) in [5.74, 6) is -0.342. The summed E-state index contributed by atoms with van der Waals surface area (Å²) >= 11 is 0. The summed E-state index contributed by atoms with van der Waals surface area (Å²) in [4.78, 5) is 11.8. The van der Waals surface area contributed by atoms with Gasteiger partial charge < -0.3 is 15.8 Å². The Kier molecular flexibility index (Phi) is 5.27. The molecule has 0 aliphatic heterocycles. The fraction of sp³-hybridized carbons (Fsp3) is 0.562. The van der Waals surface area contributed by atoms with E-state index in [1.165, 1.54) is 39.2 Å². The standard InChI is InChI=1S/C16H24N2O2/c1-20-16(19)13-10-7-11-14(17)15(13)18-12-8-5-3-2-4-6-9-12/h7,10-12,18H,2-6,8-9,17H2,1H3. The van der Waals surface area contributed by atoms with Crippen LogP contribution in [0.3, 0.4) is 0 Å². The van der Waals surface area contributed by atoms with E-state index in [0.29, 0.717) is 17.3 Å². The van der Waals surface area contributed by atoms with Crippen LogP contribution < -0.4 is 11.1 Å². The van der Waals surface area contributed by atoms with Gasteiger partial charge in [0.25, 0.3) is 0 Å². The molecule has 0 aromatic heterocycles. The third kappa shape index (κ3) is 3.65. The first kappa shape index (κ1) is 14.7. The Bertz CT molecular complexity index is 452. The van der Waals surface area contributed by atoms with Gasteiger partial charge in [0, 0.05) is 6.04 Å². The number of rotatable bonds is 3. The van der Waals surface area contributed by atoms with Crippen molar-refractivity contribution in [2.75, 3.05) is 18.2 Å². The van der Waals surface area contributed by atoms with Gasteiger partial charge in [0.2, 0.25) is 0 Å². The van der Waals surface area contributed by atoms with Crippen molar-refractivity contribution in [1.29, 1.82) is 0 Å². The van der Waals surface area contributed by atoms with Gasteiger partial charge in [-0.05, 0) is 25.0 Å². The Balaban J connectivity index is 2.16. The average molecular weight is 276 g/mol. The minimum absolute atomic E-state index is 0.342. The van der Waals surface area contributed by atoms with Gasteiger partial charge in [-0.1, -0.05) is 38.2 Å². The Labute approximate surface area is 120 Å². The van der Waals surface area contributed by atoms with Gasteiger partial charge in [-0.15, -0.1) is 0 Å². The number of nitrogens with two attached hydrogens (primary N) is 1. The van der Waals surface area contributed by atoms with Gasteiger partial charge in [-0.3, -0.25) is 0 Å². The molecule has 0 radical (unpaired) electrons. The summed E-state index contributed by atoms with van der Waals surface area (Å²) in [7, 11) is 1.39. The van der Waals surface area contributed by atoms with Gasteiger partial charge in [-0.2, -0.15) is 0 Å². The third-order valence-electron chi connectivity index (χ3n) is 3.96. The molecule has 0 saturated heterocycles. The summed E-state index contributed by atoms with van der Waals surface area (Å²) in [5, 5.41) is 3.47. The normalized spacial score (nSPS) is 17.1. The number of hydrogen-bond donors (Lipinski definition) is 2. The van der Waals surface area contributed by atoms with Crippen LogP contribution in [0, 0.1) is 0 Å². The van der Waals surface area contributed by atoms with E-state index in [4.69, 9.17) is 10.5 Å². The molecule has 3 N–H and O–H groups in total. The van der Waals surface area contributed by atoms with Crippen molar-refractivity contribution in [2.45, 2.75) is 51.0 Å². The van der Waals surface area contributed by atoms with Crippen molar-refractivity contribution >= 4 is 17.3 Å². The van der Waals surface area contributed by atoms with Crippen LogP contribution >= 0.6 is 0 Å². The topological polar surface area (TPSA) is 64.3 Å². The molecule has 2 rings (SSSR count). The molecule has 4 nitrogen and oxygen atoms in total. The van der Waals surface area contributed by atoms with Crippen molar-refractivity contribution in [3.05, 3.63) is 23.8 Å². The maximum absolute atomic E-state index is 11.8. The SMILES string of the molecule is COC(=O)c1cccc(N)c1NC1CCCCCCC1. The molecule has 0 unspecified atom stereocenters. The van der Waals surface area contributed by atoms with Crippen LogP contribution in [0.4, 0.5) is 11.4 Å². The summed E-state index contributed by atoms with van der Waals surface area (Å²) in [6, 6.07) is 5.75. The average Bonchev–Trinajstić information content (AvgIpc) is 2.42. The van der Waals surface area contributed by atoms with Crippen LogP contribution in [0.2, 0.25) is 0 Å². The first-order valence-electron chi connectivity index (χ1n) is 7.45. The van der Waals surface area contributed by atoms with Crippen molar-refractivity contribution in [3.8, 4) is 0 Å². The predicted molar refractivity (Wildman–Crippen MR) is 81.9 cm³/mol. The number of nitrogen functional groups attached to an aromatic ring is 1. The molecule has 110 valence electrons. The van der Waals surface area contributed by atoms with E-state index in [-0.39, 0.29) is 5.97 Å². The zero-order valence-electron chi connectivity index (χ0n) is 12.2. The van der Waals surface area contributed by atoms with Gasteiger partial charge in [-0.25, -0.2) is 4.79 Å². The molecule has 20 heavy (non-hydrogen) atoms. The molecule has 1 aliphatic rings. The second-order valence-electron chi connectivity index (χ2n) is 5.45. The number of methoxy groups -OCH3 is 1. The van der Waals surface area contributed by atoms with Crippen molar-refractivity contribution in [2.24, 2.45) is 0 Å². The van der Waals surface area contributed by atoms with Gasteiger partial charge in [0.15, 0.2) is 0 Å². The lowest BCUT2D eigenvalue weighted by Gasteiger charge is -2.24. The number of carbonyl (C=O) groups excluding carboxylic acids is 1. The lowest BCUT2D eigenvalue weighted by Crippen LogP contribution is -2.23. The maximum atomic E-state index is 11.8. The highest BCUT2D eigenvalue weighted by atomic mass is 16.5. The van der Waals surface area contributed by atoms with Crippen molar-refractivity contribution in [3.63, 3.8) is 0 Å². The molecule has 0 bridgehead atoms. The molecule has 0 amide bonds. The molecule has 1 aromatic carbocycles. The minimum atomic E-state index is -0.342. The molecule has 0 atom stereocenters. The van der Waals surface area contributed by atoms with Crippen LogP contribution in [0.15, 0.2) is 18.2 Å². The number of esters is 1. The Morgan fingerprint density at radius 2 is 1.85 bits per heavy atom. The van der Waals surface area contributed by atoms with Crippen molar-refractivity contribution in [1.82, 2.24) is 0 Å². The monoisotopic (exact) mass is 276 g/mol.